The quantitative estimate of drug-likeness (QED) is 0.484. The molecular formula is C26H25F2N5O4. The van der Waals surface area contributed by atoms with Crippen LogP contribution in [0, 0.1) is 0 Å². The Balaban J connectivity index is 1.29. The smallest absolute Gasteiger partial charge is 0.387 e. The number of anilines is 2. The molecule has 0 bridgehead atoms. The predicted octanol–water partition coefficient (Wildman–Crippen LogP) is 3.01. The highest BCUT2D eigenvalue weighted by Crippen LogP contribution is 2.23. The van der Waals surface area contributed by atoms with Gasteiger partial charge in [-0.15, -0.1) is 0 Å². The highest BCUT2D eigenvalue weighted by atomic mass is 19.3. The van der Waals surface area contributed by atoms with Crippen molar-refractivity contribution in [1.82, 2.24) is 15.2 Å². The van der Waals surface area contributed by atoms with E-state index in [1.807, 2.05) is 17.0 Å². The van der Waals surface area contributed by atoms with E-state index in [0.717, 1.165) is 5.69 Å². The number of hydrogen-bond acceptors (Lipinski definition) is 6. The minimum Gasteiger partial charge on any atom is -0.435 e. The number of aromatic nitrogens is 1. The van der Waals surface area contributed by atoms with Crippen LogP contribution < -0.4 is 20.3 Å². The lowest BCUT2D eigenvalue weighted by Gasteiger charge is -2.37. The lowest BCUT2D eigenvalue weighted by Crippen LogP contribution is -2.51. The zero-order valence-electron chi connectivity index (χ0n) is 19.8. The van der Waals surface area contributed by atoms with E-state index >= 15 is 0 Å². The number of carbonyl (C=O) groups excluding carboxylic acids is 3. The fourth-order valence-corrected chi connectivity index (χ4v) is 3.93. The van der Waals surface area contributed by atoms with Gasteiger partial charge in [-0.1, -0.05) is 12.1 Å². The summed E-state index contributed by atoms with van der Waals surface area (Å²) in [6, 6.07) is 16.0. The minimum absolute atomic E-state index is 0.0587. The second-order valence-corrected chi connectivity index (χ2v) is 8.17. The summed E-state index contributed by atoms with van der Waals surface area (Å²) in [6.45, 7) is -1.27. The standard InChI is InChI=1S/C26H25F2N5O4/c27-26(28)37-20-9-7-18(8-10-20)24(35)30-17-23(34)33-14-12-32(13-15-33)22-6-2-1-5-21(22)25(36)31-19-4-3-11-29-16-19/h1-11,16,26H,12-15,17H2,(H,30,35)(H,31,36). The summed E-state index contributed by atoms with van der Waals surface area (Å²) in [5.74, 6) is -1.05. The Labute approximate surface area is 212 Å². The van der Waals surface area contributed by atoms with E-state index in [0.29, 0.717) is 37.4 Å². The van der Waals surface area contributed by atoms with Crippen LogP contribution in [-0.2, 0) is 4.79 Å². The number of pyridine rings is 1. The van der Waals surface area contributed by atoms with Crippen molar-refractivity contribution in [3.63, 3.8) is 0 Å². The first-order valence-electron chi connectivity index (χ1n) is 11.6. The minimum atomic E-state index is -2.95. The molecule has 0 saturated carbocycles. The fourth-order valence-electron chi connectivity index (χ4n) is 3.93. The van der Waals surface area contributed by atoms with E-state index in [4.69, 9.17) is 0 Å². The zero-order valence-corrected chi connectivity index (χ0v) is 19.8. The van der Waals surface area contributed by atoms with Gasteiger partial charge in [-0.2, -0.15) is 8.78 Å². The van der Waals surface area contributed by atoms with Crippen molar-refractivity contribution < 1.29 is 27.9 Å². The second-order valence-electron chi connectivity index (χ2n) is 8.17. The third-order valence-electron chi connectivity index (χ3n) is 5.78. The van der Waals surface area contributed by atoms with Crippen LogP contribution in [0.2, 0.25) is 0 Å². The van der Waals surface area contributed by atoms with Crippen LogP contribution in [0.1, 0.15) is 20.7 Å². The molecule has 3 aromatic rings. The molecule has 192 valence electrons. The van der Waals surface area contributed by atoms with Crippen LogP contribution >= 0.6 is 0 Å². The maximum atomic E-state index is 12.9. The van der Waals surface area contributed by atoms with Gasteiger partial charge in [-0.25, -0.2) is 0 Å². The zero-order chi connectivity index (χ0) is 26.2. The highest BCUT2D eigenvalue weighted by molar-refractivity contribution is 6.08. The summed E-state index contributed by atoms with van der Waals surface area (Å²) in [6.07, 6.45) is 3.20. The molecule has 2 heterocycles. The fraction of sp³-hybridized carbons (Fsp3) is 0.231. The molecule has 0 atom stereocenters. The number of ether oxygens (including phenoxy) is 1. The molecule has 0 aliphatic carbocycles. The molecule has 11 heteroatoms. The molecule has 0 spiro atoms. The average molecular weight is 510 g/mol. The molecule has 4 rings (SSSR count). The summed E-state index contributed by atoms with van der Waals surface area (Å²) >= 11 is 0. The van der Waals surface area contributed by atoms with Crippen molar-refractivity contribution in [3.05, 3.63) is 84.2 Å². The Morgan fingerprint density at radius 2 is 1.65 bits per heavy atom. The average Bonchev–Trinajstić information content (AvgIpc) is 2.92. The number of hydrogen-bond donors (Lipinski definition) is 2. The molecule has 1 aromatic heterocycles. The lowest BCUT2D eigenvalue weighted by molar-refractivity contribution is -0.130. The van der Waals surface area contributed by atoms with Crippen LogP contribution in [-0.4, -0.2) is 66.9 Å². The summed E-state index contributed by atoms with van der Waals surface area (Å²) in [4.78, 5) is 45.5. The van der Waals surface area contributed by atoms with Gasteiger partial charge in [0.1, 0.15) is 5.75 Å². The number of amides is 3. The number of carbonyl (C=O) groups is 3. The number of nitrogens with zero attached hydrogens (tertiary/aromatic N) is 3. The van der Waals surface area contributed by atoms with Gasteiger partial charge in [0.05, 0.1) is 24.0 Å². The van der Waals surface area contributed by atoms with Gasteiger partial charge >= 0.3 is 6.61 Å². The largest absolute Gasteiger partial charge is 0.435 e. The number of piperazine rings is 1. The molecule has 0 unspecified atom stereocenters. The molecular weight excluding hydrogens is 484 g/mol. The highest BCUT2D eigenvalue weighted by Gasteiger charge is 2.24. The van der Waals surface area contributed by atoms with Gasteiger partial charge in [0.25, 0.3) is 11.8 Å². The number of nitrogens with one attached hydrogen (secondary N) is 2. The molecule has 1 saturated heterocycles. The SMILES string of the molecule is O=C(NCC(=O)N1CCN(c2ccccc2C(=O)Nc2cccnc2)CC1)c1ccc(OC(F)F)cc1. The monoisotopic (exact) mass is 509 g/mol. The Morgan fingerprint density at radius 3 is 2.32 bits per heavy atom. The van der Waals surface area contributed by atoms with E-state index in [2.05, 4.69) is 20.4 Å². The maximum Gasteiger partial charge on any atom is 0.387 e. The second kappa shape index (κ2) is 11.9. The maximum absolute atomic E-state index is 12.9. The summed E-state index contributed by atoms with van der Waals surface area (Å²) in [5.41, 5.74) is 2.10. The van der Waals surface area contributed by atoms with E-state index in [9.17, 15) is 23.2 Å². The summed E-state index contributed by atoms with van der Waals surface area (Å²) in [5, 5.41) is 5.40. The van der Waals surface area contributed by atoms with Gasteiger partial charge in [0.2, 0.25) is 5.91 Å². The number of rotatable bonds is 8. The topological polar surface area (TPSA) is 104 Å². The van der Waals surface area contributed by atoms with Crippen molar-refractivity contribution in [3.8, 4) is 5.75 Å². The van der Waals surface area contributed by atoms with Crippen molar-refractivity contribution in [2.75, 3.05) is 42.9 Å². The molecule has 3 amide bonds. The first-order chi connectivity index (χ1) is 17.9. The van der Waals surface area contributed by atoms with Gasteiger partial charge in [-0.3, -0.25) is 19.4 Å². The van der Waals surface area contributed by atoms with Gasteiger partial charge < -0.3 is 25.2 Å². The first kappa shape index (κ1) is 25.5. The third-order valence-corrected chi connectivity index (χ3v) is 5.78. The van der Waals surface area contributed by atoms with Gasteiger partial charge in [-0.05, 0) is 48.5 Å². The molecule has 1 fully saturated rings. The van der Waals surface area contributed by atoms with Crippen LogP contribution in [0.5, 0.6) is 5.75 Å². The molecule has 0 radical (unpaired) electrons. The van der Waals surface area contributed by atoms with Crippen LogP contribution in [0.3, 0.4) is 0 Å². The Hall–Kier alpha value is -4.54. The predicted molar refractivity (Wildman–Crippen MR) is 133 cm³/mol. The Bertz CT molecular complexity index is 1230. The number of alkyl halides is 2. The van der Waals surface area contributed by atoms with Crippen LogP contribution in [0.15, 0.2) is 73.1 Å². The van der Waals surface area contributed by atoms with Crippen molar-refractivity contribution in [2.24, 2.45) is 0 Å². The summed E-state index contributed by atoms with van der Waals surface area (Å²) < 4.78 is 28.8. The first-order valence-corrected chi connectivity index (χ1v) is 11.6. The van der Waals surface area contributed by atoms with Crippen molar-refractivity contribution >= 4 is 29.1 Å². The molecule has 9 nitrogen and oxygen atoms in total. The van der Waals surface area contributed by atoms with Crippen LogP contribution in [0.4, 0.5) is 20.2 Å². The van der Waals surface area contributed by atoms with Gasteiger partial charge in [0.15, 0.2) is 0 Å². The van der Waals surface area contributed by atoms with E-state index in [1.54, 1.807) is 41.6 Å². The molecule has 1 aliphatic rings. The van der Waals surface area contributed by atoms with E-state index in [1.165, 1.54) is 24.3 Å². The lowest BCUT2D eigenvalue weighted by atomic mass is 10.1. The third kappa shape index (κ3) is 6.78. The Kier molecular flexibility index (Phi) is 8.24. The molecule has 1 aliphatic heterocycles. The molecule has 2 N–H and O–H groups in total. The Morgan fingerprint density at radius 1 is 0.919 bits per heavy atom. The molecule has 2 aromatic carbocycles. The number of benzene rings is 2. The van der Waals surface area contributed by atoms with Gasteiger partial charge in [0, 0.05) is 43.6 Å². The van der Waals surface area contributed by atoms with Crippen molar-refractivity contribution in [2.45, 2.75) is 6.61 Å². The normalized spacial score (nSPS) is 13.3. The van der Waals surface area contributed by atoms with Crippen molar-refractivity contribution in [1.29, 1.82) is 0 Å². The van der Waals surface area contributed by atoms with Crippen LogP contribution in [0.25, 0.3) is 0 Å². The summed E-state index contributed by atoms with van der Waals surface area (Å²) in [7, 11) is 0. The number of halogens is 2. The molecule has 37 heavy (non-hydrogen) atoms. The van der Waals surface area contributed by atoms with E-state index < -0.39 is 12.5 Å². The number of para-hydroxylation sites is 1. The van der Waals surface area contributed by atoms with E-state index in [-0.39, 0.29) is 29.7 Å².